The van der Waals surface area contributed by atoms with Crippen molar-refractivity contribution in [3.63, 3.8) is 0 Å². The van der Waals surface area contributed by atoms with Gasteiger partial charge < -0.3 is 5.32 Å². The third-order valence-corrected chi connectivity index (χ3v) is 3.59. The molecule has 0 unspecified atom stereocenters. The molecule has 18 heavy (non-hydrogen) atoms. The molecule has 4 heteroatoms. The van der Waals surface area contributed by atoms with Crippen LogP contribution in [0.5, 0.6) is 0 Å². The van der Waals surface area contributed by atoms with Crippen LogP contribution in [0.25, 0.3) is 0 Å². The maximum Gasteiger partial charge on any atom is 0.255 e. The highest BCUT2D eigenvalue weighted by Gasteiger charge is 2.05. The lowest BCUT2D eigenvalue weighted by atomic mass is 10.2. The van der Waals surface area contributed by atoms with E-state index in [0.29, 0.717) is 5.56 Å². The van der Waals surface area contributed by atoms with Crippen molar-refractivity contribution in [3.8, 4) is 0 Å². The van der Waals surface area contributed by atoms with E-state index in [-0.39, 0.29) is 5.91 Å². The number of carbonyl (C=O) groups excluding carboxylic acids is 1. The number of rotatable bonds is 3. The standard InChI is InChI=1S/C14H11Br2NO/c15-9-10-4-6-13(7-5-10)17-14(18)11-2-1-3-12(16)8-11/h1-8H,9H2,(H,17,18). The van der Waals surface area contributed by atoms with Gasteiger partial charge in [-0.2, -0.15) is 0 Å². The van der Waals surface area contributed by atoms with Crippen LogP contribution in [0.4, 0.5) is 5.69 Å². The number of benzene rings is 2. The van der Waals surface area contributed by atoms with Crippen molar-refractivity contribution < 1.29 is 4.79 Å². The molecule has 0 saturated heterocycles. The van der Waals surface area contributed by atoms with Gasteiger partial charge >= 0.3 is 0 Å². The van der Waals surface area contributed by atoms with Gasteiger partial charge in [-0.15, -0.1) is 0 Å². The number of alkyl halides is 1. The van der Waals surface area contributed by atoms with Gasteiger partial charge in [0.05, 0.1) is 0 Å². The zero-order valence-corrected chi connectivity index (χ0v) is 12.7. The lowest BCUT2D eigenvalue weighted by Crippen LogP contribution is -2.11. The Morgan fingerprint density at radius 2 is 1.83 bits per heavy atom. The highest BCUT2D eigenvalue weighted by Crippen LogP contribution is 2.15. The minimum Gasteiger partial charge on any atom is -0.322 e. The molecule has 1 N–H and O–H groups in total. The van der Waals surface area contributed by atoms with Crippen LogP contribution in [0, 0.1) is 0 Å². The number of anilines is 1. The molecule has 0 saturated carbocycles. The van der Waals surface area contributed by atoms with Crippen molar-refractivity contribution in [2.45, 2.75) is 5.33 Å². The number of hydrogen-bond donors (Lipinski definition) is 1. The first-order valence-electron chi connectivity index (χ1n) is 5.41. The van der Waals surface area contributed by atoms with Gasteiger partial charge in [-0.1, -0.05) is 50.1 Å². The van der Waals surface area contributed by atoms with Crippen LogP contribution in [-0.2, 0) is 5.33 Å². The summed E-state index contributed by atoms with van der Waals surface area (Å²) in [5.74, 6) is -0.108. The number of hydrogen-bond acceptors (Lipinski definition) is 1. The summed E-state index contributed by atoms with van der Waals surface area (Å²) < 4.78 is 0.893. The number of amides is 1. The fourth-order valence-electron chi connectivity index (χ4n) is 1.51. The third-order valence-electron chi connectivity index (χ3n) is 2.45. The number of halogens is 2. The predicted molar refractivity (Wildman–Crippen MR) is 81.2 cm³/mol. The van der Waals surface area contributed by atoms with Crippen molar-refractivity contribution >= 4 is 43.5 Å². The molecule has 2 rings (SSSR count). The summed E-state index contributed by atoms with van der Waals surface area (Å²) in [4.78, 5) is 12.0. The van der Waals surface area contributed by atoms with Gasteiger partial charge in [-0.05, 0) is 35.9 Å². The molecule has 2 nitrogen and oxygen atoms in total. The summed E-state index contributed by atoms with van der Waals surface area (Å²) in [6.45, 7) is 0. The van der Waals surface area contributed by atoms with Crippen LogP contribution in [0.15, 0.2) is 53.0 Å². The molecule has 0 fully saturated rings. The van der Waals surface area contributed by atoms with E-state index in [1.54, 1.807) is 12.1 Å². The van der Waals surface area contributed by atoms with Gasteiger partial charge in [0.15, 0.2) is 0 Å². The fraction of sp³-hybridized carbons (Fsp3) is 0.0714. The number of nitrogens with one attached hydrogen (secondary N) is 1. The Morgan fingerprint density at radius 3 is 2.44 bits per heavy atom. The molecule has 0 bridgehead atoms. The van der Waals surface area contributed by atoms with E-state index in [2.05, 4.69) is 37.2 Å². The minimum absolute atomic E-state index is 0.108. The van der Waals surface area contributed by atoms with E-state index < -0.39 is 0 Å². The SMILES string of the molecule is O=C(Nc1ccc(CBr)cc1)c1cccc(Br)c1. The summed E-state index contributed by atoms with van der Waals surface area (Å²) >= 11 is 6.73. The van der Waals surface area contributed by atoms with Crippen LogP contribution in [0.3, 0.4) is 0 Å². The summed E-state index contributed by atoms with van der Waals surface area (Å²) in [7, 11) is 0. The Bertz CT molecular complexity index is 552. The second-order valence-electron chi connectivity index (χ2n) is 3.80. The lowest BCUT2D eigenvalue weighted by Gasteiger charge is -2.06. The summed E-state index contributed by atoms with van der Waals surface area (Å²) in [5, 5.41) is 3.67. The molecular formula is C14H11Br2NO. The van der Waals surface area contributed by atoms with Crippen LogP contribution in [0.2, 0.25) is 0 Å². The first kappa shape index (κ1) is 13.3. The van der Waals surface area contributed by atoms with E-state index in [1.165, 1.54) is 5.56 Å². The molecule has 2 aromatic carbocycles. The lowest BCUT2D eigenvalue weighted by molar-refractivity contribution is 0.102. The highest BCUT2D eigenvalue weighted by atomic mass is 79.9. The topological polar surface area (TPSA) is 29.1 Å². The Balaban J connectivity index is 2.11. The first-order chi connectivity index (χ1) is 8.69. The average Bonchev–Trinajstić information content (AvgIpc) is 2.39. The molecule has 0 spiro atoms. The smallest absolute Gasteiger partial charge is 0.255 e. The maximum atomic E-state index is 12.0. The molecule has 0 heterocycles. The summed E-state index contributed by atoms with van der Waals surface area (Å²) in [5.41, 5.74) is 2.61. The highest BCUT2D eigenvalue weighted by molar-refractivity contribution is 9.10. The Labute approximate surface area is 123 Å². The molecular weight excluding hydrogens is 358 g/mol. The zero-order chi connectivity index (χ0) is 13.0. The molecule has 0 aliphatic rings. The molecule has 0 aliphatic carbocycles. The first-order valence-corrected chi connectivity index (χ1v) is 7.32. The monoisotopic (exact) mass is 367 g/mol. The molecule has 0 aromatic heterocycles. The number of carbonyl (C=O) groups is 1. The van der Waals surface area contributed by atoms with Gasteiger partial charge in [-0.25, -0.2) is 0 Å². The summed E-state index contributed by atoms with van der Waals surface area (Å²) in [6, 6.07) is 15.1. The van der Waals surface area contributed by atoms with Crippen LogP contribution >= 0.6 is 31.9 Å². The van der Waals surface area contributed by atoms with E-state index in [9.17, 15) is 4.79 Å². The second kappa shape index (κ2) is 6.16. The second-order valence-corrected chi connectivity index (χ2v) is 5.27. The van der Waals surface area contributed by atoms with Crippen molar-refractivity contribution in [2.75, 3.05) is 5.32 Å². The molecule has 0 radical (unpaired) electrons. The van der Waals surface area contributed by atoms with Gasteiger partial charge in [0, 0.05) is 21.1 Å². The molecule has 92 valence electrons. The van der Waals surface area contributed by atoms with Gasteiger partial charge in [-0.3, -0.25) is 4.79 Å². The van der Waals surface area contributed by atoms with Gasteiger partial charge in [0.25, 0.3) is 5.91 Å². The Hall–Kier alpha value is -1.13. The minimum atomic E-state index is -0.108. The van der Waals surface area contributed by atoms with Gasteiger partial charge in [0.2, 0.25) is 0 Å². The van der Waals surface area contributed by atoms with E-state index in [0.717, 1.165) is 15.5 Å². The van der Waals surface area contributed by atoms with E-state index in [4.69, 9.17) is 0 Å². The van der Waals surface area contributed by atoms with Crippen molar-refractivity contribution in [1.29, 1.82) is 0 Å². The Kier molecular flexibility index (Phi) is 4.55. The normalized spacial score (nSPS) is 10.1. The molecule has 0 aliphatic heterocycles. The van der Waals surface area contributed by atoms with Crippen LogP contribution < -0.4 is 5.32 Å². The predicted octanol–water partition coefficient (Wildman–Crippen LogP) is 4.60. The third kappa shape index (κ3) is 3.43. The van der Waals surface area contributed by atoms with E-state index in [1.807, 2.05) is 36.4 Å². The zero-order valence-electron chi connectivity index (χ0n) is 9.49. The van der Waals surface area contributed by atoms with Crippen molar-refractivity contribution in [1.82, 2.24) is 0 Å². The molecule has 2 aromatic rings. The Morgan fingerprint density at radius 1 is 1.11 bits per heavy atom. The average molecular weight is 369 g/mol. The van der Waals surface area contributed by atoms with E-state index >= 15 is 0 Å². The molecule has 1 amide bonds. The van der Waals surface area contributed by atoms with Crippen molar-refractivity contribution in [2.24, 2.45) is 0 Å². The maximum absolute atomic E-state index is 12.0. The van der Waals surface area contributed by atoms with Crippen molar-refractivity contribution in [3.05, 3.63) is 64.1 Å². The van der Waals surface area contributed by atoms with Crippen LogP contribution in [-0.4, -0.2) is 5.91 Å². The largest absolute Gasteiger partial charge is 0.322 e. The molecule has 0 atom stereocenters. The quantitative estimate of drug-likeness (QED) is 0.788. The summed E-state index contributed by atoms with van der Waals surface area (Å²) in [6.07, 6.45) is 0. The van der Waals surface area contributed by atoms with Crippen LogP contribution in [0.1, 0.15) is 15.9 Å². The van der Waals surface area contributed by atoms with Gasteiger partial charge in [0.1, 0.15) is 0 Å². The fourth-order valence-corrected chi connectivity index (χ4v) is 2.28.